The van der Waals surface area contributed by atoms with Crippen molar-refractivity contribution in [3.05, 3.63) is 35.4 Å². The van der Waals surface area contributed by atoms with Crippen LogP contribution in [0.3, 0.4) is 0 Å². The maximum Gasteiger partial charge on any atom is 0.310 e. The van der Waals surface area contributed by atoms with Gasteiger partial charge in [0.05, 0.1) is 5.92 Å². The van der Waals surface area contributed by atoms with E-state index in [4.69, 9.17) is 5.11 Å². The summed E-state index contributed by atoms with van der Waals surface area (Å²) >= 11 is 0. The number of hydrogen-bond donors (Lipinski definition) is 2. The lowest BCUT2D eigenvalue weighted by Gasteiger charge is -2.23. The molecule has 0 radical (unpaired) electrons. The lowest BCUT2D eigenvalue weighted by Crippen LogP contribution is -2.28. The van der Waals surface area contributed by atoms with E-state index in [1.54, 1.807) is 6.92 Å². The SMILES string of the molecule is CC(C(=O)O)c1ccc(C2CCCNC2)cc1. The minimum atomic E-state index is -0.767. The molecule has 1 aromatic carbocycles. The third-order valence-electron chi connectivity index (χ3n) is 3.58. The van der Waals surface area contributed by atoms with Crippen molar-refractivity contribution in [1.29, 1.82) is 0 Å². The summed E-state index contributed by atoms with van der Waals surface area (Å²) in [4.78, 5) is 10.9. The molecule has 0 bridgehead atoms. The zero-order valence-corrected chi connectivity index (χ0v) is 10.1. The summed E-state index contributed by atoms with van der Waals surface area (Å²) in [7, 11) is 0. The number of aliphatic carboxylic acids is 1. The van der Waals surface area contributed by atoms with Crippen molar-refractivity contribution in [3.8, 4) is 0 Å². The predicted octanol–water partition coefficient (Wildman–Crippen LogP) is 2.34. The van der Waals surface area contributed by atoms with Crippen molar-refractivity contribution in [2.45, 2.75) is 31.6 Å². The summed E-state index contributed by atoms with van der Waals surface area (Å²) in [5.41, 5.74) is 2.20. The van der Waals surface area contributed by atoms with E-state index in [-0.39, 0.29) is 0 Å². The Morgan fingerprint density at radius 2 is 2.12 bits per heavy atom. The van der Waals surface area contributed by atoms with Crippen LogP contribution < -0.4 is 5.32 Å². The molecule has 3 heteroatoms. The molecule has 2 unspecified atom stereocenters. The van der Waals surface area contributed by atoms with Gasteiger partial charge in [-0.2, -0.15) is 0 Å². The van der Waals surface area contributed by atoms with E-state index in [2.05, 4.69) is 17.4 Å². The number of carbonyl (C=O) groups is 1. The fourth-order valence-electron chi connectivity index (χ4n) is 2.34. The Bertz CT molecular complexity index is 380. The molecule has 1 heterocycles. The fraction of sp³-hybridized carbons (Fsp3) is 0.500. The Labute approximate surface area is 102 Å². The zero-order valence-electron chi connectivity index (χ0n) is 10.1. The van der Waals surface area contributed by atoms with Gasteiger partial charge in [0.1, 0.15) is 0 Å². The molecule has 0 aromatic heterocycles. The average molecular weight is 233 g/mol. The van der Waals surface area contributed by atoms with E-state index >= 15 is 0 Å². The molecular formula is C14H19NO2. The molecular weight excluding hydrogens is 214 g/mol. The van der Waals surface area contributed by atoms with Crippen LogP contribution in [0.1, 0.15) is 42.7 Å². The van der Waals surface area contributed by atoms with Crippen LogP contribution in [0.25, 0.3) is 0 Å². The molecule has 0 saturated carbocycles. The van der Waals surface area contributed by atoms with Gasteiger partial charge in [-0.15, -0.1) is 0 Å². The third kappa shape index (κ3) is 2.86. The van der Waals surface area contributed by atoms with Gasteiger partial charge in [0, 0.05) is 6.54 Å². The van der Waals surface area contributed by atoms with Gasteiger partial charge in [-0.1, -0.05) is 24.3 Å². The van der Waals surface area contributed by atoms with Gasteiger partial charge < -0.3 is 10.4 Å². The minimum Gasteiger partial charge on any atom is -0.481 e. The Morgan fingerprint density at radius 3 is 2.65 bits per heavy atom. The van der Waals surface area contributed by atoms with Crippen LogP contribution in [0.2, 0.25) is 0 Å². The summed E-state index contributed by atoms with van der Waals surface area (Å²) in [5.74, 6) is -0.608. The predicted molar refractivity (Wildman–Crippen MR) is 67.3 cm³/mol. The molecule has 92 valence electrons. The number of nitrogens with one attached hydrogen (secondary N) is 1. The molecule has 1 aliphatic rings. The molecule has 2 N–H and O–H groups in total. The summed E-state index contributed by atoms with van der Waals surface area (Å²) in [6.45, 7) is 3.87. The molecule has 0 amide bonds. The molecule has 1 saturated heterocycles. The highest BCUT2D eigenvalue weighted by Crippen LogP contribution is 2.25. The number of rotatable bonds is 3. The van der Waals surface area contributed by atoms with Crippen molar-refractivity contribution < 1.29 is 9.90 Å². The van der Waals surface area contributed by atoms with Gasteiger partial charge in [-0.05, 0) is 43.4 Å². The maximum atomic E-state index is 10.9. The summed E-state index contributed by atoms with van der Waals surface area (Å²) in [5, 5.41) is 12.3. The van der Waals surface area contributed by atoms with Crippen LogP contribution in [0.15, 0.2) is 24.3 Å². The molecule has 3 nitrogen and oxygen atoms in total. The Morgan fingerprint density at radius 1 is 1.41 bits per heavy atom. The summed E-state index contributed by atoms with van der Waals surface area (Å²) in [6.07, 6.45) is 2.44. The maximum absolute atomic E-state index is 10.9. The first kappa shape index (κ1) is 12.1. The smallest absolute Gasteiger partial charge is 0.310 e. The molecule has 2 rings (SSSR count). The molecule has 0 aliphatic carbocycles. The van der Waals surface area contributed by atoms with Crippen molar-refractivity contribution in [2.24, 2.45) is 0 Å². The highest BCUT2D eigenvalue weighted by Gasteiger charge is 2.17. The first-order chi connectivity index (χ1) is 8.18. The quantitative estimate of drug-likeness (QED) is 0.842. The average Bonchev–Trinajstić information content (AvgIpc) is 2.39. The van der Waals surface area contributed by atoms with Crippen molar-refractivity contribution >= 4 is 5.97 Å². The molecule has 2 atom stereocenters. The van der Waals surface area contributed by atoms with Gasteiger partial charge in [0.15, 0.2) is 0 Å². The number of carboxylic acids is 1. The number of piperidine rings is 1. The van der Waals surface area contributed by atoms with Crippen LogP contribution in [-0.2, 0) is 4.79 Å². The van der Waals surface area contributed by atoms with E-state index in [1.807, 2.05) is 12.1 Å². The topological polar surface area (TPSA) is 49.3 Å². The van der Waals surface area contributed by atoms with Gasteiger partial charge in [0.2, 0.25) is 0 Å². The van der Waals surface area contributed by atoms with Crippen molar-refractivity contribution in [3.63, 3.8) is 0 Å². The van der Waals surface area contributed by atoms with Crippen LogP contribution >= 0.6 is 0 Å². The van der Waals surface area contributed by atoms with Crippen LogP contribution in [-0.4, -0.2) is 24.2 Å². The normalized spacial score (nSPS) is 22.1. The van der Waals surface area contributed by atoms with Gasteiger partial charge >= 0.3 is 5.97 Å². The van der Waals surface area contributed by atoms with E-state index in [9.17, 15) is 4.79 Å². The molecule has 0 spiro atoms. The van der Waals surface area contributed by atoms with Crippen molar-refractivity contribution in [1.82, 2.24) is 5.32 Å². The third-order valence-corrected chi connectivity index (χ3v) is 3.58. The second kappa shape index (κ2) is 5.32. The highest BCUT2D eigenvalue weighted by molar-refractivity contribution is 5.75. The summed E-state index contributed by atoms with van der Waals surface area (Å²) < 4.78 is 0. The van der Waals surface area contributed by atoms with Gasteiger partial charge in [0.25, 0.3) is 0 Å². The Balaban J connectivity index is 2.09. The van der Waals surface area contributed by atoms with Crippen LogP contribution in [0, 0.1) is 0 Å². The fourth-order valence-corrected chi connectivity index (χ4v) is 2.34. The zero-order chi connectivity index (χ0) is 12.3. The largest absolute Gasteiger partial charge is 0.481 e. The van der Waals surface area contributed by atoms with Crippen LogP contribution in [0.4, 0.5) is 0 Å². The van der Waals surface area contributed by atoms with Crippen molar-refractivity contribution in [2.75, 3.05) is 13.1 Å². The van der Waals surface area contributed by atoms with E-state index in [0.29, 0.717) is 5.92 Å². The lowest BCUT2D eigenvalue weighted by molar-refractivity contribution is -0.138. The first-order valence-electron chi connectivity index (χ1n) is 6.22. The van der Waals surface area contributed by atoms with E-state index in [0.717, 1.165) is 18.7 Å². The Hall–Kier alpha value is -1.35. The Kier molecular flexibility index (Phi) is 3.79. The second-order valence-electron chi connectivity index (χ2n) is 4.77. The van der Waals surface area contributed by atoms with E-state index in [1.165, 1.54) is 18.4 Å². The minimum absolute atomic E-state index is 0.423. The summed E-state index contributed by atoms with van der Waals surface area (Å²) in [6, 6.07) is 8.05. The standard InChI is InChI=1S/C14H19NO2/c1-10(14(16)17)11-4-6-12(7-5-11)13-3-2-8-15-9-13/h4-7,10,13,15H,2-3,8-9H2,1H3,(H,16,17). The number of carboxylic acid groups (broad SMARTS) is 1. The van der Waals surface area contributed by atoms with E-state index < -0.39 is 11.9 Å². The highest BCUT2D eigenvalue weighted by atomic mass is 16.4. The molecule has 1 aliphatic heterocycles. The van der Waals surface area contributed by atoms with Gasteiger partial charge in [-0.25, -0.2) is 0 Å². The van der Waals surface area contributed by atoms with Gasteiger partial charge in [-0.3, -0.25) is 4.79 Å². The molecule has 17 heavy (non-hydrogen) atoms. The monoisotopic (exact) mass is 233 g/mol. The number of hydrogen-bond acceptors (Lipinski definition) is 2. The second-order valence-corrected chi connectivity index (χ2v) is 4.77. The number of benzene rings is 1. The lowest BCUT2D eigenvalue weighted by atomic mass is 9.90. The van der Waals surface area contributed by atoms with Crippen LogP contribution in [0.5, 0.6) is 0 Å². The first-order valence-corrected chi connectivity index (χ1v) is 6.22. The molecule has 1 aromatic rings. The molecule has 1 fully saturated rings.